The molecule has 32 heavy (non-hydrogen) atoms. The van der Waals surface area contributed by atoms with E-state index in [2.05, 4.69) is 4.98 Å². The monoisotopic (exact) mass is 483 g/mol. The molecule has 1 aromatic heterocycles. The molecule has 0 aliphatic carbocycles. The molecule has 1 fully saturated rings. The van der Waals surface area contributed by atoms with Crippen LogP contribution in [0.25, 0.3) is 11.0 Å². The number of ether oxygens (including phenoxy) is 1. The topological polar surface area (TPSA) is 81.5 Å². The fourth-order valence-corrected chi connectivity index (χ4v) is 5.44. The van der Waals surface area contributed by atoms with Crippen molar-refractivity contribution in [3.05, 3.63) is 58.9 Å². The third-order valence-corrected chi connectivity index (χ3v) is 7.53. The number of rotatable bonds is 6. The first kappa shape index (κ1) is 22.6. The van der Waals surface area contributed by atoms with Gasteiger partial charge in [-0.05, 0) is 43.2 Å². The van der Waals surface area contributed by atoms with Gasteiger partial charge in [-0.3, -0.25) is 4.57 Å². The van der Waals surface area contributed by atoms with Crippen molar-refractivity contribution in [1.29, 1.82) is 0 Å². The van der Waals surface area contributed by atoms with Crippen LogP contribution in [0.1, 0.15) is 42.0 Å². The number of hydrogen-bond acceptors (Lipinski definition) is 5. The molecule has 1 saturated heterocycles. The van der Waals surface area contributed by atoms with Gasteiger partial charge in [0.25, 0.3) is 0 Å². The van der Waals surface area contributed by atoms with Crippen LogP contribution in [0.3, 0.4) is 0 Å². The molecule has 0 amide bonds. The van der Waals surface area contributed by atoms with Gasteiger partial charge in [-0.15, -0.1) is 0 Å². The predicted octanol–water partition coefficient (Wildman–Crippen LogP) is 4.62. The minimum atomic E-state index is -3.79. The van der Waals surface area contributed by atoms with Gasteiger partial charge < -0.3 is 4.74 Å². The Labute approximate surface area is 188 Å². The number of esters is 1. The summed E-state index contributed by atoms with van der Waals surface area (Å²) in [6.07, 6.45) is 2.51. The molecule has 170 valence electrons. The van der Waals surface area contributed by atoms with Crippen LogP contribution in [0.4, 0.5) is 8.78 Å². The fourth-order valence-electron chi connectivity index (χ4n) is 3.70. The van der Waals surface area contributed by atoms with E-state index in [0.29, 0.717) is 23.2 Å². The lowest BCUT2D eigenvalue weighted by molar-refractivity contribution is 0.0387. The highest BCUT2D eigenvalue weighted by molar-refractivity contribution is 7.89. The van der Waals surface area contributed by atoms with Crippen LogP contribution >= 0.6 is 11.6 Å². The quantitative estimate of drug-likeness (QED) is 0.478. The van der Waals surface area contributed by atoms with Crippen molar-refractivity contribution >= 4 is 38.6 Å². The van der Waals surface area contributed by atoms with Crippen molar-refractivity contribution < 1.29 is 26.7 Å². The molecule has 2 heterocycles. The number of carbonyl (C=O) groups excluding carboxylic acids is 1. The second-order valence-electron chi connectivity index (χ2n) is 7.35. The third-order valence-electron chi connectivity index (χ3n) is 5.31. The largest absolute Gasteiger partial charge is 0.454 e. The number of halogens is 3. The van der Waals surface area contributed by atoms with E-state index in [1.807, 2.05) is 0 Å². The number of aromatic nitrogens is 2. The lowest BCUT2D eigenvalue weighted by atomic mass is 10.2. The Hall–Kier alpha value is -2.56. The lowest BCUT2D eigenvalue weighted by Gasteiger charge is -2.26. The van der Waals surface area contributed by atoms with Crippen molar-refractivity contribution in [2.24, 2.45) is 0 Å². The molecule has 3 aromatic rings. The Morgan fingerprint density at radius 1 is 1.12 bits per heavy atom. The van der Waals surface area contributed by atoms with Crippen LogP contribution in [-0.4, -0.2) is 41.3 Å². The molecule has 0 bridgehead atoms. The van der Waals surface area contributed by atoms with Crippen LogP contribution in [0.15, 0.2) is 47.4 Å². The number of sulfonamides is 1. The highest BCUT2D eigenvalue weighted by Crippen LogP contribution is 2.27. The van der Waals surface area contributed by atoms with Crippen molar-refractivity contribution in [3.63, 3.8) is 0 Å². The summed E-state index contributed by atoms with van der Waals surface area (Å²) >= 11 is 6.10. The van der Waals surface area contributed by atoms with Gasteiger partial charge >= 0.3 is 12.5 Å². The van der Waals surface area contributed by atoms with Crippen molar-refractivity contribution in [1.82, 2.24) is 13.9 Å². The Bertz CT molecular complexity index is 1260. The maximum Gasteiger partial charge on any atom is 0.340 e. The molecule has 0 unspecified atom stereocenters. The van der Waals surface area contributed by atoms with Gasteiger partial charge in [-0.2, -0.15) is 13.1 Å². The van der Waals surface area contributed by atoms with Gasteiger partial charge in [0.2, 0.25) is 10.0 Å². The zero-order valence-electron chi connectivity index (χ0n) is 16.9. The van der Waals surface area contributed by atoms with Crippen LogP contribution in [-0.2, 0) is 21.4 Å². The number of benzene rings is 2. The van der Waals surface area contributed by atoms with E-state index >= 15 is 0 Å². The van der Waals surface area contributed by atoms with E-state index in [1.165, 1.54) is 22.5 Å². The average Bonchev–Trinajstić information content (AvgIpc) is 3.17. The highest BCUT2D eigenvalue weighted by atomic mass is 35.5. The van der Waals surface area contributed by atoms with Gasteiger partial charge in [0.1, 0.15) is 6.61 Å². The van der Waals surface area contributed by atoms with Crippen LogP contribution < -0.4 is 0 Å². The van der Waals surface area contributed by atoms with Crippen molar-refractivity contribution in [3.8, 4) is 0 Å². The molecule has 1 aliphatic rings. The summed E-state index contributed by atoms with van der Waals surface area (Å²) in [6, 6.07) is 10.1. The summed E-state index contributed by atoms with van der Waals surface area (Å²) in [7, 11) is -3.79. The van der Waals surface area contributed by atoms with E-state index in [1.54, 1.807) is 18.2 Å². The molecule has 1 aliphatic heterocycles. The normalized spacial score (nSPS) is 15.4. The molecule has 0 saturated carbocycles. The molecule has 2 aromatic carbocycles. The Morgan fingerprint density at radius 2 is 1.84 bits per heavy atom. The number of nitrogens with zero attached hydrogens (tertiary/aromatic N) is 3. The number of carbonyl (C=O) groups is 1. The zero-order chi connectivity index (χ0) is 22.9. The zero-order valence-corrected chi connectivity index (χ0v) is 18.5. The number of piperidine rings is 1. The molecule has 11 heteroatoms. The highest BCUT2D eigenvalue weighted by Gasteiger charge is 2.28. The minimum Gasteiger partial charge on any atom is -0.454 e. The molecule has 4 rings (SSSR count). The summed E-state index contributed by atoms with van der Waals surface area (Å²) in [5.74, 6) is -1.07. The Balaban J connectivity index is 1.57. The second-order valence-corrected chi connectivity index (χ2v) is 9.69. The number of fused-ring (bicyclic) bond motifs is 1. The van der Waals surface area contributed by atoms with Crippen LogP contribution in [0.2, 0.25) is 5.02 Å². The molecule has 0 atom stereocenters. The Kier molecular flexibility index (Phi) is 6.45. The molecule has 0 radical (unpaired) electrons. The first-order valence-electron chi connectivity index (χ1n) is 10.00. The Morgan fingerprint density at radius 3 is 2.56 bits per heavy atom. The van der Waals surface area contributed by atoms with Crippen molar-refractivity contribution in [2.45, 2.75) is 37.3 Å². The number of hydrogen-bond donors (Lipinski definition) is 0. The second kappa shape index (κ2) is 9.13. The van der Waals surface area contributed by atoms with Gasteiger partial charge in [0, 0.05) is 13.1 Å². The number of para-hydroxylation sites is 2. The lowest BCUT2D eigenvalue weighted by Crippen LogP contribution is -2.35. The summed E-state index contributed by atoms with van der Waals surface area (Å²) < 4.78 is 60.2. The van der Waals surface area contributed by atoms with Crippen LogP contribution in [0, 0.1) is 0 Å². The summed E-state index contributed by atoms with van der Waals surface area (Å²) in [5, 5.41) is -0.00467. The van der Waals surface area contributed by atoms with Crippen molar-refractivity contribution in [2.75, 3.05) is 13.1 Å². The van der Waals surface area contributed by atoms with E-state index in [0.717, 1.165) is 25.3 Å². The van der Waals surface area contributed by atoms with E-state index in [4.69, 9.17) is 16.3 Å². The molecule has 0 N–H and O–H groups in total. The summed E-state index contributed by atoms with van der Waals surface area (Å²) in [4.78, 5) is 16.7. The minimum absolute atomic E-state index is 0.00467. The average molecular weight is 484 g/mol. The fraction of sp³-hybridized carbons (Fsp3) is 0.333. The van der Waals surface area contributed by atoms with Crippen LogP contribution in [0.5, 0.6) is 0 Å². The predicted molar refractivity (Wildman–Crippen MR) is 114 cm³/mol. The van der Waals surface area contributed by atoms with Gasteiger partial charge in [0.05, 0.1) is 26.5 Å². The number of imidazole rings is 1. The van der Waals surface area contributed by atoms with Gasteiger partial charge in [0.15, 0.2) is 5.82 Å². The maximum atomic E-state index is 13.6. The first-order chi connectivity index (χ1) is 15.3. The summed E-state index contributed by atoms with van der Waals surface area (Å²) in [6.45, 7) is -2.59. The summed E-state index contributed by atoms with van der Waals surface area (Å²) in [5.41, 5.74) is 0.386. The van der Waals surface area contributed by atoms with E-state index in [9.17, 15) is 22.0 Å². The third kappa shape index (κ3) is 4.35. The smallest absolute Gasteiger partial charge is 0.340 e. The molecule has 0 spiro atoms. The number of alkyl halides is 2. The molecular formula is C21H20ClF2N3O4S. The standard InChI is InChI=1S/C21H20ClF2N3O4S/c22-16-9-8-14(32(29,30)26-10-4-1-5-11-26)12-15(16)20(28)31-13-19-25-17-6-2-3-7-18(17)27(19)21(23)24/h2-3,6-9,12,21H,1,4-5,10-11,13H2. The SMILES string of the molecule is O=C(OCc1nc2ccccc2n1C(F)F)c1cc(S(=O)(=O)N2CCCCC2)ccc1Cl. The van der Waals surface area contributed by atoms with E-state index in [-0.39, 0.29) is 26.8 Å². The maximum absolute atomic E-state index is 13.6. The first-order valence-corrected chi connectivity index (χ1v) is 11.8. The molecular weight excluding hydrogens is 464 g/mol. The molecule has 7 nitrogen and oxygen atoms in total. The van der Waals surface area contributed by atoms with Gasteiger partial charge in [-0.25, -0.2) is 18.2 Å². The van der Waals surface area contributed by atoms with E-state index < -0.39 is 29.1 Å². The van der Waals surface area contributed by atoms with Gasteiger partial charge in [-0.1, -0.05) is 30.2 Å².